The van der Waals surface area contributed by atoms with E-state index in [2.05, 4.69) is 16.9 Å². The van der Waals surface area contributed by atoms with Crippen molar-refractivity contribution in [3.05, 3.63) is 41.6 Å². The van der Waals surface area contributed by atoms with E-state index in [-0.39, 0.29) is 17.9 Å². The lowest BCUT2D eigenvalue weighted by Crippen LogP contribution is -2.23. The normalized spacial score (nSPS) is 15.1. The minimum atomic E-state index is -4.55. The van der Waals surface area contributed by atoms with Crippen LogP contribution in [0.3, 0.4) is 0 Å². The summed E-state index contributed by atoms with van der Waals surface area (Å²) in [6, 6.07) is 7.66. The Balaban J connectivity index is 1.78. The van der Waals surface area contributed by atoms with Gasteiger partial charge in [-0.15, -0.1) is 0 Å². The molecule has 0 aliphatic heterocycles. The molecule has 1 heterocycles. The summed E-state index contributed by atoms with van der Waals surface area (Å²) in [5.41, 5.74) is 0.966. The zero-order chi connectivity index (χ0) is 22.3. The van der Waals surface area contributed by atoms with E-state index in [1.54, 1.807) is 7.05 Å². The smallest absolute Gasteiger partial charge is 0.421 e. The van der Waals surface area contributed by atoms with Gasteiger partial charge in [-0.1, -0.05) is 44.7 Å². The number of aromatic nitrogens is 2. The van der Waals surface area contributed by atoms with Gasteiger partial charge in [-0.25, -0.2) is 4.98 Å². The number of halogens is 3. The van der Waals surface area contributed by atoms with Gasteiger partial charge >= 0.3 is 12.2 Å². The Labute approximate surface area is 182 Å². The molecule has 0 N–H and O–H groups in total. The van der Waals surface area contributed by atoms with Crippen molar-refractivity contribution < 1.29 is 17.9 Å². The topological polar surface area (TPSA) is 38.2 Å². The molecule has 0 spiro atoms. The van der Waals surface area contributed by atoms with E-state index in [1.165, 1.54) is 29.7 Å². The molecule has 0 atom stereocenters. The van der Waals surface area contributed by atoms with Crippen LogP contribution in [-0.2, 0) is 12.6 Å². The fourth-order valence-electron chi connectivity index (χ4n) is 3.97. The zero-order valence-electron chi connectivity index (χ0n) is 18.4. The van der Waals surface area contributed by atoms with Crippen LogP contribution in [0, 0.1) is 0 Å². The lowest BCUT2D eigenvalue weighted by atomic mass is 9.98. The maximum Gasteiger partial charge on any atom is 0.421 e. The van der Waals surface area contributed by atoms with Crippen LogP contribution in [0.4, 0.5) is 24.7 Å². The molecular weight excluding hydrogens is 403 g/mol. The van der Waals surface area contributed by atoms with Gasteiger partial charge < -0.3 is 9.64 Å². The fourth-order valence-corrected chi connectivity index (χ4v) is 3.97. The summed E-state index contributed by atoms with van der Waals surface area (Å²) >= 11 is 0. The van der Waals surface area contributed by atoms with Gasteiger partial charge in [0.25, 0.3) is 0 Å². The summed E-state index contributed by atoms with van der Waals surface area (Å²) in [4.78, 5) is 9.49. The average Bonchev–Trinajstić information content (AvgIpc) is 2.76. The highest BCUT2D eigenvalue weighted by Crippen LogP contribution is 2.38. The second-order valence-electron chi connectivity index (χ2n) is 8.30. The van der Waals surface area contributed by atoms with Gasteiger partial charge in [-0.2, -0.15) is 18.2 Å². The zero-order valence-corrected chi connectivity index (χ0v) is 18.4. The molecule has 1 aliphatic carbocycles. The highest BCUT2D eigenvalue weighted by atomic mass is 19.4. The van der Waals surface area contributed by atoms with Gasteiger partial charge in [0, 0.05) is 18.9 Å². The molecule has 0 saturated heterocycles. The van der Waals surface area contributed by atoms with Gasteiger partial charge in [0.2, 0.25) is 0 Å². The summed E-state index contributed by atoms with van der Waals surface area (Å²) < 4.78 is 46.7. The van der Waals surface area contributed by atoms with Crippen molar-refractivity contribution in [2.75, 3.05) is 11.9 Å². The number of alkyl halides is 3. The van der Waals surface area contributed by atoms with Crippen LogP contribution in [0.1, 0.15) is 75.8 Å². The minimum Gasteiger partial charge on any atom is -0.460 e. The van der Waals surface area contributed by atoms with Crippen LogP contribution in [0.15, 0.2) is 30.5 Å². The van der Waals surface area contributed by atoms with Crippen LogP contribution in [0.2, 0.25) is 0 Å². The van der Waals surface area contributed by atoms with E-state index in [0.29, 0.717) is 5.69 Å². The molecule has 0 bridgehead atoms. The highest BCUT2D eigenvalue weighted by molar-refractivity contribution is 5.63. The quantitative estimate of drug-likeness (QED) is 0.394. The molecular formula is C24H32F3N3O. The first-order valence-corrected chi connectivity index (χ1v) is 11.3. The molecule has 3 rings (SSSR count). The number of unbranched alkanes of at least 4 members (excludes halogenated alkanes) is 3. The first kappa shape index (κ1) is 23.4. The number of rotatable bonds is 9. The Morgan fingerprint density at radius 2 is 1.74 bits per heavy atom. The van der Waals surface area contributed by atoms with E-state index in [9.17, 15) is 13.2 Å². The second kappa shape index (κ2) is 10.8. The Hall–Kier alpha value is -2.31. The third-order valence-corrected chi connectivity index (χ3v) is 5.84. The second-order valence-corrected chi connectivity index (χ2v) is 8.30. The Bertz CT molecular complexity index is 818. The third-order valence-electron chi connectivity index (χ3n) is 5.84. The van der Waals surface area contributed by atoms with Gasteiger partial charge in [0.1, 0.15) is 11.7 Å². The molecule has 1 aromatic heterocycles. The van der Waals surface area contributed by atoms with Crippen LogP contribution in [0.5, 0.6) is 6.01 Å². The van der Waals surface area contributed by atoms with Crippen molar-refractivity contribution in [2.45, 2.75) is 83.4 Å². The molecule has 1 fully saturated rings. The maximum absolute atomic E-state index is 13.6. The van der Waals surface area contributed by atoms with E-state index in [4.69, 9.17) is 4.74 Å². The molecule has 2 aromatic rings. The summed E-state index contributed by atoms with van der Waals surface area (Å²) in [5.74, 6) is -0.191. The Kier molecular flexibility index (Phi) is 8.15. The van der Waals surface area contributed by atoms with E-state index >= 15 is 0 Å². The molecule has 0 radical (unpaired) electrons. The standard InChI is InChI=1S/C24H32F3N3O/c1-3-4-5-7-10-18-13-15-19(16-14-18)30(2)22-21(24(25,26)27)17-28-23(29-22)31-20-11-8-6-9-12-20/h13-17,20H,3-12H2,1-2H3. The van der Waals surface area contributed by atoms with Crippen molar-refractivity contribution in [2.24, 2.45) is 0 Å². The molecule has 170 valence electrons. The summed E-state index contributed by atoms with van der Waals surface area (Å²) in [6.07, 6.45) is 7.00. The third kappa shape index (κ3) is 6.58. The molecule has 0 amide bonds. The SMILES string of the molecule is CCCCCCc1ccc(N(C)c2nc(OC3CCCCC3)ncc2C(F)(F)F)cc1. The van der Waals surface area contributed by atoms with E-state index in [1.807, 2.05) is 24.3 Å². The number of hydrogen-bond donors (Lipinski definition) is 0. The number of benzene rings is 1. The first-order chi connectivity index (χ1) is 14.9. The number of ether oxygens (including phenoxy) is 1. The summed E-state index contributed by atoms with van der Waals surface area (Å²) in [6.45, 7) is 2.18. The lowest BCUT2D eigenvalue weighted by Gasteiger charge is -2.25. The number of hydrogen-bond acceptors (Lipinski definition) is 4. The van der Waals surface area contributed by atoms with Crippen LogP contribution < -0.4 is 9.64 Å². The van der Waals surface area contributed by atoms with Crippen LogP contribution in [0.25, 0.3) is 0 Å². The van der Waals surface area contributed by atoms with Crippen molar-refractivity contribution in [3.63, 3.8) is 0 Å². The van der Waals surface area contributed by atoms with E-state index in [0.717, 1.165) is 51.1 Å². The van der Waals surface area contributed by atoms with Crippen molar-refractivity contribution >= 4 is 11.5 Å². The molecule has 7 heteroatoms. The molecule has 1 aromatic carbocycles. The van der Waals surface area contributed by atoms with Gasteiger partial charge in [0.15, 0.2) is 5.82 Å². The minimum absolute atomic E-state index is 0.00861. The highest BCUT2D eigenvalue weighted by Gasteiger charge is 2.37. The number of anilines is 2. The van der Waals surface area contributed by atoms with Gasteiger partial charge in [-0.3, -0.25) is 0 Å². The van der Waals surface area contributed by atoms with Crippen molar-refractivity contribution in [3.8, 4) is 6.01 Å². The van der Waals surface area contributed by atoms with Crippen LogP contribution in [-0.4, -0.2) is 23.1 Å². The maximum atomic E-state index is 13.6. The molecule has 31 heavy (non-hydrogen) atoms. The first-order valence-electron chi connectivity index (χ1n) is 11.3. The largest absolute Gasteiger partial charge is 0.460 e. The molecule has 1 saturated carbocycles. The predicted octanol–water partition coefficient (Wildman–Crippen LogP) is 7.10. The van der Waals surface area contributed by atoms with Crippen LogP contribution >= 0.6 is 0 Å². The Morgan fingerprint density at radius 1 is 1.03 bits per heavy atom. The van der Waals surface area contributed by atoms with Gasteiger partial charge in [-0.05, 0) is 56.2 Å². The number of aryl methyl sites for hydroxylation is 1. The molecule has 1 aliphatic rings. The monoisotopic (exact) mass is 435 g/mol. The van der Waals surface area contributed by atoms with E-state index < -0.39 is 11.7 Å². The van der Waals surface area contributed by atoms with Gasteiger partial charge in [0.05, 0.1) is 0 Å². The molecule has 0 unspecified atom stereocenters. The fraction of sp³-hybridized carbons (Fsp3) is 0.583. The average molecular weight is 436 g/mol. The lowest BCUT2D eigenvalue weighted by molar-refractivity contribution is -0.137. The summed E-state index contributed by atoms with van der Waals surface area (Å²) in [7, 11) is 1.60. The predicted molar refractivity (Wildman–Crippen MR) is 117 cm³/mol. The number of nitrogens with zero attached hydrogens (tertiary/aromatic N) is 3. The van der Waals surface area contributed by atoms with Crippen molar-refractivity contribution in [1.29, 1.82) is 0 Å². The van der Waals surface area contributed by atoms with Crippen molar-refractivity contribution in [1.82, 2.24) is 9.97 Å². The summed E-state index contributed by atoms with van der Waals surface area (Å²) in [5, 5.41) is 0. The Morgan fingerprint density at radius 3 is 2.39 bits per heavy atom. The molecule has 4 nitrogen and oxygen atoms in total.